The summed E-state index contributed by atoms with van der Waals surface area (Å²) in [5, 5.41) is 6.83. The van der Waals surface area contributed by atoms with E-state index in [-0.39, 0.29) is 0 Å². The van der Waals surface area contributed by atoms with Gasteiger partial charge in [-0.2, -0.15) is 0 Å². The minimum Gasteiger partial charge on any atom is -0.354 e. The number of rotatable bonds is 5. The summed E-state index contributed by atoms with van der Waals surface area (Å²) in [5.74, 6) is 0.863. The van der Waals surface area contributed by atoms with Crippen LogP contribution in [0.1, 0.15) is 26.4 Å². The number of nitrogens with one attached hydrogen (secondary N) is 2. The van der Waals surface area contributed by atoms with Crippen molar-refractivity contribution in [1.82, 2.24) is 10.6 Å². The molecule has 0 bridgehead atoms. The Morgan fingerprint density at radius 1 is 1.10 bits per heavy atom. The van der Waals surface area contributed by atoms with Crippen molar-refractivity contribution in [2.24, 2.45) is 4.99 Å². The molecule has 2 rings (SSSR count). The van der Waals surface area contributed by atoms with Crippen molar-refractivity contribution in [3.63, 3.8) is 0 Å². The van der Waals surface area contributed by atoms with Crippen molar-refractivity contribution in [3.8, 4) is 0 Å². The Hall–Kier alpha value is -1.33. The molecule has 2 aromatic rings. The lowest BCUT2D eigenvalue weighted by molar-refractivity contribution is 0.645. The Morgan fingerprint density at radius 3 is 2.24 bits per heavy atom. The van der Waals surface area contributed by atoms with E-state index in [1.807, 2.05) is 29.7 Å². The van der Waals surface area contributed by atoms with Crippen LogP contribution in [0.5, 0.6) is 0 Å². The molecular weight excluding hydrogens is 298 g/mol. The van der Waals surface area contributed by atoms with Gasteiger partial charge in [0.25, 0.3) is 0 Å². The average Bonchev–Trinajstić information content (AvgIpc) is 3.03. The van der Waals surface area contributed by atoms with Gasteiger partial charge in [-0.05, 0) is 45.0 Å². The largest absolute Gasteiger partial charge is 0.354 e. The van der Waals surface area contributed by atoms with E-state index < -0.39 is 0 Å². The van der Waals surface area contributed by atoms with Crippen LogP contribution in [-0.4, -0.2) is 19.0 Å². The third-order valence-electron chi connectivity index (χ3n) is 3.14. The summed E-state index contributed by atoms with van der Waals surface area (Å²) in [6.45, 7) is 7.29. The van der Waals surface area contributed by atoms with Gasteiger partial charge < -0.3 is 10.6 Å². The molecule has 0 saturated carbocycles. The first-order valence-electron chi connectivity index (χ1n) is 7.14. The highest BCUT2D eigenvalue weighted by Gasteiger charge is 2.08. The van der Waals surface area contributed by atoms with E-state index in [9.17, 15) is 0 Å². The third-order valence-corrected chi connectivity index (χ3v) is 5.16. The zero-order valence-electron chi connectivity index (χ0n) is 13.1. The highest BCUT2D eigenvalue weighted by Crippen LogP contribution is 2.17. The predicted octanol–water partition coefficient (Wildman–Crippen LogP) is 3.72. The molecule has 1 atom stereocenters. The molecule has 2 aromatic heterocycles. The highest BCUT2D eigenvalue weighted by molar-refractivity contribution is 7.12. The van der Waals surface area contributed by atoms with Crippen molar-refractivity contribution in [2.45, 2.75) is 39.8 Å². The lowest BCUT2D eigenvalue weighted by Crippen LogP contribution is -2.42. The predicted molar refractivity (Wildman–Crippen MR) is 94.6 cm³/mol. The topological polar surface area (TPSA) is 36.4 Å². The van der Waals surface area contributed by atoms with Crippen molar-refractivity contribution in [1.29, 1.82) is 0 Å². The Kier molecular flexibility index (Phi) is 5.82. The molecule has 0 amide bonds. The Balaban J connectivity index is 1.81. The number of aryl methyl sites for hydroxylation is 2. The fourth-order valence-corrected chi connectivity index (χ4v) is 3.98. The molecule has 1 unspecified atom stereocenters. The van der Waals surface area contributed by atoms with Crippen LogP contribution in [0.15, 0.2) is 29.3 Å². The monoisotopic (exact) mass is 321 g/mol. The van der Waals surface area contributed by atoms with Crippen LogP contribution in [0.2, 0.25) is 0 Å². The van der Waals surface area contributed by atoms with E-state index in [1.165, 1.54) is 19.5 Å². The number of hydrogen-bond acceptors (Lipinski definition) is 3. The molecule has 2 heterocycles. The zero-order chi connectivity index (χ0) is 15.2. The van der Waals surface area contributed by atoms with Crippen LogP contribution < -0.4 is 10.6 Å². The van der Waals surface area contributed by atoms with Gasteiger partial charge in [-0.3, -0.25) is 4.99 Å². The van der Waals surface area contributed by atoms with Gasteiger partial charge in [-0.15, -0.1) is 22.7 Å². The maximum absolute atomic E-state index is 4.30. The molecule has 0 radical (unpaired) electrons. The molecule has 0 aliphatic carbocycles. The van der Waals surface area contributed by atoms with Gasteiger partial charge in [-0.25, -0.2) is 0 Å². The lowest BCUT2D eigenvalue weighted by atomic mass is 10.2. The van der Waals surface area contributed by atoms with Crippen LogP contribution in [0.25, 0.3) is 0 Å². The summed E-state index contributed by atoms with van der Waals surface area (Å²) < 4.78 is 0. The third kappa shape index (κ3) is 5.17. The normalized spacial score (nSPS) is 13.2. The van der Waals surface area contributed by atoms with E-state index in [0.29, 0.717) is 6.04 Å². The van der Waals surface area contributed by atoms with Crippen molar-refractivity contribution >= 4 is 28.6 Å². The SMILES string of the molecule is CN=C(NCc1ccc(C)s1)NC(C)Cc1ccc(C)s1. The molecule has 0 aliphatic heterocycles. The maximum atomic E-state index is 4.30. The number of hydrogen-bond donors (Lipinski definition) is 2. The standard InChI is InChI=1S/C16H23N3S2/c1-11(9-14-7-5-12(2)20-14)19-16(17-4)18-10-15-8-6-13(3)21-15/h5-8,11H,9-10H2,1-4H3,(H2,17,18,19). The number of aliphatic imine (C=N–C) groups is 1. The van der Waals surface area contributed by atoms with Gasteiger partial charge in [0.15, 0.2) is 5.96 Å². The first-order valence-corrected chi connectivity index (χ1v) is 8.78. The first-order chi connectivity index (χ1) is 10.1. The summed E-state index contributed by atoms with van der Waals surface area (Å²) in [4.78, 5) is 9.76. The van der Waals surface area contributed by atoms with E-state index in [2.05, 4.69) is 60.7 Å². The van der Waals surface area contributed by atoms with E-state index in [0.717, 1.165) is 18.9 Å². The smallest absolute Gasteiger partial charge is 0.191 e. The first kappa shape index (κ1) is 16.0. The molecule has 0 aromatic carbocycles. The van der Waals surface area contributed by atoms with Gasteiger partial charge in [0, 0.05) is 39.0 Å². The van der Waals surface area contributed by atoms with Gasteiger partial charge >= 0.3 is 0 Å². The second-order valence-electron chi connectivity index (χ2n) is 5.20. The van der Waals surface area contributed by atoms with Crippen LogP contribution in [0, 0.1) is 13.8 Å². The Labute approximate surface area is 135 Å². The van der Waals surface area contributed by atoms with Crippen molar-refractivity contribution in [3.05, 3.63) is 43.8 Å². The summed E-state index contributed by atoms with van der Waals surface area (Å²) in [6, 6.07) is 9.07. The lowest BCUT2D eigenvalue weighted by Gasteiger charge is -2.17. The van der Waals surface area contributed by atoms with Gasteiger partial charge in [0.2, 0.25) is 0 Å². The Morgan fingerprint density at radius 2 is 1.71 bits per heavy atom. The van der Waals surface area contributed by atoms with Gasteiger partial charge in [0.1, 0.15) is 0 Å². The molecule has 114 valence electrons. The summed E-state index contributed by atoms with van der Waals surface area (Å²) >= 11 is 3.69. The molecule has 0 aliphatic rings. The van der Waals surface area contributed by atoms with Crippen LogP contribution in [0.3, 0.4) is 0 Å². The average molecular weight is 322 g/mol. The Bertz CT molecular complexity index is 598. The number of thiophene rings is 2. The fraction of sp³-hybridized carbons (Fsp3) is 0.438. The summed E-state index contributed by atoms with van der Waals surface area (Å²) in [7, 11) is 1.82. The number of nitrogens with zero attached hydrogens (tertiary/aromatic N) is 1. The molecule has 0 fully saturated rings. The quantitative estimate of drug-likeness (QED) is 0.650. The summed E-state index contributed by atoms with van der Waals surface area (Å²) in [6.07, 6.45) is 1.03. The minimum absolute atomic E-state index is 0.360. The molecular formula is C16H23N3S2. The van der Waals surface area contributed by atoms with Crippen LogP contribution >= 0.6 is 22.7 Å². The maximum Gasteiger partial charge on any atom is 0.191 e. The second kappa shape index (κ2) is 7.61. The second-order valence-corrected chi connectivity index (χ2v) is 7.94. The highest BCUT2D eigenvalue weighted by atomic mass is 32.1. The molecule has 5 heteroatoms. The van der Waals surface area contributed by atoms with Crippen LogP contribution in [-0.2, 0) is 13.0 Å². The zero-order valence-corrected chi connectivity index (χ0v) is 14.7. The minimum atomic E-state index is 0.360. The van der Waals surface area contributed by atoms with E-state index in [4.69, 9.17) is 0 Å². The van der Waals surface area contributed by atoms with E-state index >= 15 is 0 Å². The molecule has 3 nitrogen and oxygen atoms in total. The fourth-order valence-electron chi connectivity index (χ4n) is 2.13. The van der Waals surface area contributed by atoms with E-state index in [1.54, 1.807) is 0 Å². The molecule has 0 saturated heterocycles. The van der Waals surface area contributed by atoms with Crippen LogP contribution in [0.4, 0.5) is 0 Å². The number of guanidine groups is 1. The summed E-state index contributed by atoms with van der Waals surface area (Å²) in [5.41, 5.74) is 0. The molecule has 0 spiro atoms. The molecule has 2 N–H and O–H groups in total. The molecule has 21 heavy (non-hydrogen) atoms. The van der Waals surface area contributed by atoms with Crippen molar-refractivity contribution < 1.29 is 0 Å². The van der Waals surface area contributed by atoms with Crippen molar-refractivity contribution in [2.75, 3.05) is 7.05 Å². The van der Waals surface area contributed by atoms with Gasteiger partial charge in [0.05, 0.1) is 6.54 Å². The van der Waals surface area contributed by atoms with Gasteiger partial charge in [-0.1, -0.05) is 0 Å².